The summed E-state index contributed by atoms with van der Waals surface area (Å²) < 4.78 is 0. The molecule has 1 aromatic heterocycles. The van der Waals surface area contributed by atoms with Crippen LogP contribution in [0.3, 0.4) is 0 Å². The molecule has 1 heterocycles. The average Bonchev–Trinajstić information content (AvgIpc) is 2.64. The van der Waals surface area contributed by atoms with Gasteiger partial charge < -0.3 is 11.1 Å². The Morgan fingerprint density at radius 3 is 2.71 bits per heavy atom. The summed E-state index contributed by atoms with van der Waals surface area (Å²) in [5, 5.41) is 12.1. The number of hydrogen-bond donors (Lipinski definition) is 3. The van der Waals surface area contributed by atoms with E-state index in [-0.39, 0.29) is 17.2 Å². The Bertz CT molecular complexity index is 421. The Morgan fingerprint density at radius 1 is 1.59 bits per heavy atom. The van der Waals surface area contributed by atoms with Gasteiger partial charge in [0.1, 0.15) is 5.84 Å². The molecule has 0 bridgehead atoms. The molecule has 0 aromatic carbocycles. The Hall–Kier alpha value is -1.01. The van der Waals surface area contributed by atoms with Gasteiger partial charge in [0.15, 0.2) is 0 Å². The average molecular weight is 271 g/mol. The summed E-state index contributed by atoms with van der Waals surface area (Å²) in [6.07, 6.45) is 0. The van der Waals surface area contributed by atoms with E-state index in [4.69, 9.17) is 11.1 Å². The van der Waals surface area contributed by atoms with Crippen molar-refractivity contribution in [2.75, 3.05) is 5.88 Å². The van der Waals surface area contributed by atoms with Gasteiger partial charge >= 0.3 is 0 Å². The van der Waals surface area contributed by atoms with Crippen LogP contribution in [-0.2, 0) is 4.79 Å². The maximum atomic E-state index is 11.6. The van der Waals surface area contributed by atoms with Crippen LogP contribution in [0.2, 0.25) is 0 Å². The Kier molecular flexibility index (Phi) is 4.59. The smallest absolute Gasteiger partial charge is 0.226 e. The molecule has 0 aliphatic carbocycles. The van der Waals surface area contributed by atoms with Crippen LogP contribution in [0.25, 0.3) is 0 Å². The summed E-state index contributed by atoms with van der Waals surface area (Å²) in [6, 6.07) is 1.86. The molecule has 4 nitrogen and oxygen atoms in total. The number of hydrogen-bond acceptors (Lipinski definition) is 4. The second-order valence-corrected chi connectivity index (χ2v) is 6.56. The lowest BCUT2D eigenvalue weighted by molar-refractivity contribution is -0.128. The van der Waals surface area contributed by atoms with E-state index in [0.29, 0.717) is 5.88 Å². The maximum absolute atomic E-state index is 11.6. The first-order valence-corrected chi connectivity index (χ1v) is 7.01. The molecule has 6 heteroatoms. The predicted octanol–water partition coefficient (Wildman–Crippen LogP) is 2.24. The topological polar surface area (TPSA) is 79.0 Å². The number of amidine groups is 1. The van der Waals surface area contributed by atoms with Crippen LogP contribution >= 0.6 is 23.1 Å². The minimum Gasteiger partial charge on any atom is -0.383 e. The molecule has 0 fully saturated rings. The van der Waals surface area contributed by atoms with Crippen LogP contribution in [-0.4, -0.2) is 17.6 Å². The maximum Gasteiger partial charge on any atom is 0.226 e. The van der Waals surface area contributed by atoms with Crippen molar-refractivity contribution in [3.8, 4) is 0 Å². The first-order valence-electron chi connectivity index (χ1n) is 5.15. The van der Waals surface area contributed by atoms with Gasteiger partial charge in [0, 0.05) is 15.7 Å². The highest BCUT2D eigenvalue weighted by Gasteiger charge is 2.20. The molecular weight excluding hydrogens is 254 g/mol. The van der Waals surface area contributed by atoms with Crippen LogP contribution in [0.4, 0.5) is 0 Å². The fourth-order valence-electron chi connectivity index (χ4n) is 0.986. The summed E-state index contributed by atoms with van der Waals surface area (Å²) >= 11 is 2.97. The van der Waals surface area contributed by atoms with Gasteiger partial charge in [-0.05, 0) is 6.07 Å². The Labute approximate surface area is 109 Å². The molecule has 17 heavy (non-hydrogen) atoms. The molecule has 0 radical (unpaired) electrons. The zero-order chi connectivity index (χ0) is 13.1. The molecular formula is C11H17N3OS2. The summed E-state index contributed by atoms with van der Waals surface area (Å²) in [6.45, 7) is 5.64. The lowest BCUT2D eigenvalue weighted by Crippen LogP contribution is -2.34. The van der Waals surface area contributed by atoms with Crippen LogP contribution in [0.5, 0.6) is 0 Å². The quantitative estimate of drug-likeness (QED) is 0.340. The number of amides is 1. The van der Waals surface area contributed by atoms with E-state index >= 15 is 0 Å². The normalized spacial score (nSPS) is 11.2. The number of carbonyl (C=O) groups excluding carboxylic acids is 1. The third-order valence-corrected chi connectivity index (χ3v) is 3.96. The van der Waals surface area contributed by atoms with Crippen molar-refractivity contribution in [3.05, 3.63) is 16.3 Å². The van der Waals surface area contributed by atoms with Crippen molar-refractivity contribution >= 4 is 34.8 Å². The van der Waals surface area contributed by atoms with Gasteiger partial charge in [0.05, 0.1) is 10.8 Å². The van der Waals surface area contributed by atoms with Crippen LogP contribution < -0.4 is 11.1 Å². The largest absolute Gasteiger partial charge is 0.383 e. The lowest BCUT2D eigenvalue weighted by Gasteiger charge is -2.17. The number of nitrogens with one attached hydrogen (secondary N) is 2. The molecule has 0 unspecified atom stereocenters. The van der Waals surface area contributed by atoms with Gasteiger partial charge in [-0.15, -0.1) is 23.1 Å². The SMILES string of the molecule is CC(C)(C)C(=O)NCSc1csc(C(=N)N)c1. The highest BCUT2D eigenvalue weighted by atomic mass is 32.2. The molecule has 0 saturated heterocycles. The number of nitrogen functional groups attached to an aromatic ring is 1. The van der Waals surface area contributed by atoms with Crippen LogP contribution in [0.1, 0.15) is 25.6 Å². The van der Waals surface area contributed by atoms with E-state index in [2.05, 4.69) is 5.32 Å². The zero-order valence-corrected chi connectivity index (χ0v) is 11.8. The molecule has 0 aliphatic rings. The molecule has 94 valence electrons. The van der Waals surface area contributed by atoms with Gasteiger partial charge in [-0.25, -0.2) is 0 Å². The van der Waals surface area contributed by atoms with E-state index in [9.17, 15) is 4.79 Å². The molecule has 0 atom stereocenters. The fraction of sp³-hybridized carbons (Fsp3) is 0.455. The predicted molar refractivity (Wildman–Crippen MR) is 73.7 cm³/mol. The molecule has 4 N–H and O–H groups in total. The van der Waals surface area contributed by atoms with E-state index in [1.165, 1.54) is 23.1 Å². The van der Waals surface area contributed by atoms with Crippen LogP contribution in [0.15, 0.2) is 16.3 Å². The van der Waals surface area contributed by atoms with Crippen molar-refractivity contribution in [1.82, 2.24) is 5.32 Å². The molecule has 0 aliphatic heterocycles. The van der Waals surface area contributed by atoms with Gasteiger partial charge in [-0.1, -0.05) is 20.8 Å². The molecule has 0 spiro atoms. The number of thioether (sulfide) groups is 1. The Balaban J connectivity index is 2.41. The van der Waals surface area contributed by atoms with Gasteiger partial charge in [-0.3, -0.25) is 10.2 Å². The number of carbonyl (C=O) groups is 1. The number of nitrogens with two attached hydrogens (primary N) is 1. The molecule has 1 aromatic rings. The minimum absolute atomic E-state index is 0.0343. The molecule has 1 rings (SSSR count). The highest BCUT2D eigenvalue weighted by molar-refractivity contribution is 7.99. The summed E-state index contributed by atoms with van der Waals surface area (Å²) in [5.74, 6) is 0.650. The van der Waals surface area contributed by atoms with Crippen molar-refractivity contribution < 1.29 is 4.79 Å². The van der Waals surface area contributed by atoms with Crippen molar-refractivity contribution in [1.29, 1.82) is 5.41 Å². The lowest BCUT2D eigenvalue weighted by atomic mass is 9.96. The van der Waals surface area contributed by atoms with Crippen molar-refractivity contribution in [2.24, 2.45) is 11.1 Å². The standard InChI is InChI=1S/C11H17N3OS2/c1-11(2,3)10(15)14-6-17-7-4-8(9(12)13)16-5-7/h4-5H,6H2,1-3H3,(H3,12,13)(H,14,15). The zero-order valence-electron chi connectivity index (χ0n) is 10.2. The second-order valence-electron chi connectivity index (χ2n) is 4.60. The van der Waals surface area contributed by atoms with Gasteiger partial charge in [-0.2, -0.15) is 0 Å². The van der Waals surface area contributed by atoms with Crippen molar-refractivity contribution in [3.63, 3.8) is 0 Å². The summed E-state index contributed by atoms with van der Waals surface area (Å²) in [5.41, 5.74) is 5.01. The second kappa shape index (κ2) is 5.55. The molecule has 1 amide bonds. The minimum atomic E-state index is -0.361. The van der Waals surface area contributed by atoms with E-state index in [1.54, 1.807) is 0 Å². The van der Waals surface area contributed by atoms with Crippen LogP contribution in [0, 0.1) is 10.8 Å². The summed E-state index contributed by atoms with van der Waals surface area (Å²) in [7, 11) is 0. The Morgan fingerprint density at radius 2 is 2.24 bits per heavy atom. The highest BCUT2D eigenvalue weighted by Crippen LogP contribution is 2.24. The third-order valence-electron chi connectivity index (χ3n) is 1.99. The molecule has 0 saturated carbocycles. The van der Waals surface area contributed by atoms with Crippen molar-refractivity contribution in [2.45, 2.75) is 25.7 Å². The fourth-order valence-corrected chi connectivity index (χ4v) is 2.68. The monoisotopic (exact) mass is 271 g/mol. The first-order chi connectivity index (χ1) is 7.80. The number of rotatable bonds is 4. The number of thiophene rings is 1. The van der Waals surface area contributed by atoms with E-state index in [1.807, 2.05) is 32.2 Å². The van der Waals surface area contributed by atoms with Gasteiger partial charge in [0.25, 0.3) is 0 Å². The van der Waals surface area contributed by atoms with E-state index in [0.717, 1.165) is 9.77 Å². The first kappa shape index (κ1) is 14.1. The van der Waals surface area contributed by atoms with Gasteiger partial charge in [0.2, 0.25) is 5.91 Å². The van der Waals surface area contributed by atoms with E-state index < -0.39 is 0 Å². The third kappa shape index (κ3) is 4.40. The summed E-state index contributed by atoms with van der Waals surface area (Å²) in [4.78, 5) is 13.4.